The van der Waals surface area contributed by atoms with Crippen LogP contribution in [-0.4, -0.2) is 5.91 Å². The van der Waals surface area contributed by atoms with E-state index in [1.54, 1.807) is 36.4 Å². The number of carbonyl (C=O) groups is 1. The highest BCUT2D eigenvalue weighted by atomic mass is 19.2. The molecule has 1 amide bonds. The molecular formula is C16H10F2N2O. The molecule has 5 heteroatoms. The van der Waals surface area contributed by atoms with E-state index in [1.165, 1.54) is 12.1 Å². The van der Waals surface area contributed by atoms with Crippen molar-refractivity contribution in [1.82, 2.24) is 0 Å². The summed E-state index contributed by atoms with van der Waals surface area (Å²) in [6.07, 6.45) is 1.01. The van der Waals surface area contributed by atoms with Crippen LogP contribution in [0.15, 0.2) is 54.1 Å². The molecule has 0 saturated carbocycles. The summed E-state index contributed by atoms with van der Waals surface area (Å²) in [5, 5.41) is 11.5. The van der Waals surface area contributed by atoms with E-state index >= 15 is 0 Å². The molecule has 21 heavy (non-hydrogen) atoms. The molecule has 0 fully saturated rings. The van der Waals surface area contributed by atoms with Crippen LogP contribution in [0.25, 0.3) is 6.08 Å². The Morgan fingerprint density at radius 3 is 2.48 bits per heavy atom. The highest BCUT2D eigenvalue weighted by Crippen LogP contribution is 2.16. The summed E-state index contributed by atoms with van der Waals surface area (Å²) in [6, 6.07) is 13.7. The molecule has 0 radical (unpaired) electrons. The van der Waals surface area contributed by atoms with E-state index in [-0.39, 0.29) is 11.1 Å². The largest absolute Gasteiger partial charge is 0.321 e. The summed E-state index contributed by atoms with van der Waals surface area (Å²) in [7, 11) is 0. The number of hydrogen-bond donors (Lipinski definition) is 1. The van der Waals surface area contributed by atoms with Gasteiger partial charge in [0.05, 0.1) is 0 Å². The lowest BCUT2D eigenvalue weighted by Crippen LogP contribution is -2.13. The summed E-state index contributed by atoms with van der Waals surface area (Å²) in [4.78, 5) is 11.9. The maximum atomic E-state index is 13.5. The average Bonchev–Trinajstić information content (AvgIpc) is 2.49. The second kappa shape index (κ2) is 6.44. The summed E-state index contributed by atoms with van der Waals surface area (Å²) >= 11 is 0. The van der Waals surface area contributed by atoms with E-state index in [0.29, 0.717) is 5.69 Å². The number of halogens is 2. The highest BCUT2D eigenvalue weighted by molar-refractivity contribution is 6.09. The van der Waals surface area contributed by atoms with Crippen molar-refractivity contribution in [1.29, 1.82) is 5.26 Å². The van der Waals surface area contributed by atoms with Crippen molar-refractivity contribution < 1.29 is 13.6 Å². The van der Waals surface area contributed by atoms with Gasteiger partial charge in [-0.2, -0.15) is 5.26 Å². The summed E-state index contributed by atoms with van der Waals surface area (Å²) in [5.41, 5.74) is 0.0291. The number of nitrogens with zero attached hydrogens (tertiary/aromatic N) is 1. The molecule has 1 N–H and O–H groups in total. The molecule has 104 valence electrons. The number of hydrogen-bond acceptors (Lipinski definition) is 2. The molecule has 0 aliphatic heterocycles. The van der Waals surface area contributed by atoms with Gasteiger partial charge >= 0.3 is 0 Å². The fourth-order valence-corrected chi connectivity index (χ4v) is 1.66. The van der Waals surface area contributed by atoms with Crippen LogP contribution in [-0.2, 0) is 4.79 Å². The Morgan fingerprint density at radius 1 is 1.10 bits per heavy atom. The lowest BCUT2D eigenvalue weighted by molar-refractivity contribution is -0.112. The Hall–Kier alpha value is -3.00. The van der Waals surface area contributed by atoms with Crippen LogP contribution in [0.4, 0.5) is 14.5 Å². The van der Waals surface area contributed by atoms with Gasteiger partial charge < -0.3 is 5.32 Å². The molecule has 2 aromatic rings. The van der Waals surface area contributed by atoms with Crippen molar-refractivity contribution >= 4 is 17.7 Å². The first-order chi connectivity index (χ1) is 10.1. The SMILES string of the molecule is N#C/C(=C/c1cccc(F)c1F)C(=O)Nc1ccccc1. The van der Waals surface area contributed by atoms with Crippen LogP contribution in [0, 0.1) is 23.0 Å². The van der Waals surface area contributed by atoms with Crippen molar-refractivity contribution in [3.8, 4) is 6.07 Å². The zero-order chi connectivity index (χ0) is 15.2. The lowest BCUT2D eigenvalue weighted by Gasteiger charge is -2.04. The molecule has 0 aliphatic rings. The summed E-state index contributed by atoms with van der Waals surface area (Å²) < 4.78 is 26.6. The molecule has 0 heterocycles. The molecule has 0 bridgehead atoms. The second-order valence-corrected chi connectivity index (χ2v) is 4.13. The summed E-state index contributed by atoms with van der Waals surface area (Å²) in [5.74, 6) is -2.82. The first kappa shape index (κ1) is 14.4. The lowest BCUT2D eigenvalue weighted by atomic mass is 10.1. The average molecular weight is 284 g/mol. The van der Waals surface area contributed by atoms with E-state index in [4.69, 9.17) is 5.26 Å². The van der Waals surface area contributed by atoms with Crippen molar-refractivity contribution in [2.24, 2.45) is 0 Å². The van der Waals surface area contributed by atoms with Crippen molar-refractivity contribution in [3.63, 3.8) is 0 Å². The van der Waals surface area contributed by atoms with Crippen LogP contribution in [0.1, 0.15) is 5.56 Å². The predicted octanol–water partition coefficient (Wildman–Crippen LogP) is 3.51. The zero-order valence-electron chi connectivity index (χ0n) is 10.8. The molecule has 0 aliphatic carbocycles. The van der Waals surface area contributed by atoms with Gasteiger partial charge in [0.1, 0.15) is 11.6 Å². The third-order valence-corrected chi connectivity index (χ3v) is 2.68. The van der Waals surface area contributed by atoms with Crippen LogP contribution >= 0.6 is 0 Å². The van der Waals surface area contributed by atoms with Gasteiger partial charge in [-0.25, -0.2) is 8.78 Å². The molecule has 2 aromatic carbocycles. The van der Waals surface area contributed by atoms with Crippen LogP contribution in [0.5, 0.6) is 0 Å². The number of rotatable bonds is 3. The molecule has 0 unspecified atom stereocenters. The van der Waals surface area contributed by atoms with Gasteiger partial charge in [-0.1, -0.05) is 30.3 Å². The molecule has 0 atom stereocenters. The Bertz CT molecular complexity index is 734. The quantitative estimate of drug-likeness (QED) is 0.692. The maximum absolute atomic E-state index is 13.5. The number of nitrogens with one attached hydrogen (secondary N) is 1. The van der Waals surface area contributed by atoms with E-state index < -0.39 is 17.5 Å². The number of nitriles is 1. The minimum atomic E-state index is -1.10. The first-order valence-corrected chi connectivity index (χ1v) is 6.04. The van der Waals surface area contributed by atoms with Gasteiger partial charge in [0.15, 0.2) is 11.6 Å². The van der Waals surface area contributed by atoms with E-state index in [2.05, 4.69) is 5.32 Å². The van der Waals surface area contributed by atoms with Crippen LogP contribution in [0.3, 0.4) is 0 Å². The molecular weight excluding hydrogens is 274 g/mol. The van der Waals surface area contributed by atoms with Crippen molar-refractivity contribution in [3.05, 3.63) is 71.3 Å². The topological polar surface area (TPSA) is 52.9 Å². The van der Waals surface area contributed by atoms with Gasteiger partial charge in [0, 0.05) is 11.3 Å². The van der Waals surface area contributed by atoms with Crippen molar-refractivity contribution in [2.45, 2.75) is 0 Å². The van der Waals surface area contributed by atoms with Gasteiger partial charge in [0.2, 0.25) is 0 Å². The molecule has 0 spiro atoms. The minimum Gasteiger partial charge on any atom is -0.321 e. The highest BCUT2D eigenvalue weighted by Gasteiger charge is 2.12. The predicted molar refractivity (Wildman–Crippen MR) is 75.0 cm³/mol. The number of para-hydroxylation sites is 1. The minimum absolute atomic E-state index is 0.158. The Labute approximate surface area is 120 Å². The fraction of sp³-hybridized carbons (Fsp3) is 0. The third-order valence-electron chi connectivity index (χ3n) is 2.68. The fourth-order valence-electron chi connectivity index (χ4n) is 1.66. The van der Waals surface area contributed by atoms with Gasteiger partial charge in [-0.15, -0.1) is 0 Å². The van der Waals surface area contributed by atoms with E-state index in [1.807, 2.05) is 0 Å². The smallest absolute Gasteiger partial charge is 0.266 e. The van der Waals surface area contributed by atoms with E-state index in [9.17, 15) is 13.6 Å². The zero-order valence-corrected chi connectivity index (χ0v) is 10.8. The van der Waals surface area contributed by atoms with E-state index in [0.717, 1.165) is 12.1 Å². The van der Waals surface area contributed by atoms with Crippen LogP contribution in [0.2, 0.25) is 0 Å². The Morgan fingerprint density at radius 2 is 1.81 bits per heavy atom. The number of carbonyl (C=O) groups excluding carboxylic acids is 1. The number of benzene rings is 2. The third kappa shape index (κ3) is 3.51. The first-order valence-electron chi connectivity index (χ1n) is 6.04. The Balaban J connectivity index is 2.27. The van der Waals surface area contributed by atoms with Gasteiger partial charge in [-0.05, 0) is 24.3 Å². The summed E-state index contributed by atoms with van der Waals surface area (Å²) in [6.45, 7) is 0. The number of anilines is 1. The molecule has 0 saturated heterocycles. The standard InChI is InChI=1S/C16H10F2N2O/c17-14-8-4-5-11(15(14)18)9-12(10-19)16(21)20-13-6-2-1-3-7-13/h1-9H,(H,20,21)/b12-9-. The normalized spacial score (nSPS) is 10.8. The monoisotopic (exact) mass is 284 g/mol. The maximum Gasteiger partial charge on any atom is 0.266 e. The molecule has 3 nitrogen and oxygen atoms in total. The Kier molecular flexibility index (Phi) is 4.42. The van der Waals surface area contributed by atoms with Crippen LogP contribution < -0.4 is 5.32 Å². The second-order valence-electron chi connectivity index (χ2n) is 4.13. The van der Waals surface area contributed by atoms with Gasteiger partial charge in [-0.3, -0.25) is 4.79 Å². The van der Waals surface area contributed by atoms with Crippen molar-refractivity contribution in [2.75, 3.05) is 5.32 Å². The molecule has 2 rings (SSSR count). The van der Waals surface area contributed by atoms with Gasteiger partial charge in [0.25, 0.3) is 5.91 Å². The number of amides is 1. The molecule has 0 aromatic heterocycles.